The summed E-state index contributed by atoms with van der Waals surface area (Å²) in [5.74, 6) is 0.244. The second-order valence-corrected chi connectivity index (χ2v) is 5.77. The van der Waals surface area contributed by atoms with Crippen LogP contribution in [0.25, 0.3) is 11.5 Å². The molecule has 1 aromatic carbocycles. The summed E-state index contributed by atoms with van der Waals surface area (Å²) in [6.07, 6.45) is 3.20. The molecule has 0 fully saturated rings. The molecule has 118 valence electrons. The van der Waals surface area contributed by atoms with E-state index < -0.39 is 0 Å². The van der Waals surface area contributed by atoms with Gasteiger partial charge in [0.2, 0.25) is 5.89 Å². The van der Waals surface area contributed by atoms with Crippen molar-refractivity contribution in [1.29, 1.82) is 0 Å². The second-order valence-electron chi connectivity index (χ2n) is 4.96. The molecule has 0 atom stereocenters. The van der Waals surface area contributed by atoms with Gasteiger partial charge in [-0.05, 0) is 31.0 Å². The van der Waals surface area contributed by atoms with Crippen molar-refractivity contribution >= 4 is 29.1 Å². The van der Waals surface area contributed by atoms with Crippen LogP contribution in [0.15, 0.2) is 28.9 Å². The van der Waals surface area contributed by atoms with Crippen LogP contribution in [0.2, 0.25) is 10.0 Å². The molecule has 0 radical (unpaired) electrons. The molecule has 2 aromatic rings. The Kier molecular flexibility index (Phi) is 5.86. The number of halogens is 2. The molecule has 1 aromatic heterocycles. The fourth-order valence-electron chi connectivity index (χ4n) is 2.15. The lowest BCUT2D eigenvalue weighted by Crippen LogP contribution is -2.32. The summed E-state index contributed by atoms with van der Waals surface area (Å²) in [6.45, 7) is 5.50. The smallest absolute Gasteiger partial charge is 0.275 e. The summed E-state index contributed by atoms with van der Waals surface area (Å²) in [4.78, 5) is 18.5. The van der Waals surface area contributed by atoms with Crippen molar-refractivity contribution in [3.8, 4) is 11.5 Å². The summed E-state index contributed by atoms with van der Waals surface area (Å²) in [6, 6.07) is 5.09. The van der Waals surface area contributed by atoms with Gasteiger partial charge in [-0.1, -0.05) is 37.0 Å². The van der Waals surface area contributed by atoms with E-state index in [9.17, 15) is 4.79 Å². The van der Waals surface area contributed by atoms with E-state index in [-0.39, 0.29) is 5.91 Å². The van der Waals surface area contributed by atoms with Crippen LogP contribution in [-0.2, 0) is 0 Å². The second kappa shape index (κ2) is 7.65. The number of carbonyl (C=O) groups is 1. The maximum absolute atomic E-state index is 12.4. The van der Waals surface area contributed by atoms with Crippen LogP contribution in [0.1, 0.15) is 37.2 Å². The summed E-state index contributed by atoms with van der Waals surface area (Å²) in [5.41, 5.74) is 0.994. The molecule has 0 N–H and O–H groups in total. The number of aromatic nitrogens is 1. The number of oxazole rings is 1. The first-order valence-electron chi connectivity index (χ1n) is 7.27. The van der Waals surface area contributed by atoms with Gasteiger partial charge in [0, 0.05) is 18.7 Å². The van der Waals surface area contributed by atoms with Crippen molar-refractivity contribution in [2.45, 2.75) is 26.7 Å². The quantitative estimate of drug-likeness (QED) is 0.750. The Labute approximate surface area is 140 Å². The highest BCUT2D eigenvalue weighted by molar-refractivity contribution is 6.42. The molecular formula is C16H18Cl2N2O2. The molecule has 0 unspecified atom stereocenters. The molecule has 1 amide bonds. The van der Waals surface area contributed by atoms with Gasteiger partial charge in [0.25, 0.3) is 5.91 Å². The van der Waals surface area contributed by atoms with Crippen LogP contribution in [-0.4, -0.2) is 28.9 Å². The molecule has 0 spiro atoms. The van der Waals surface area contributed by atoms with Crippen molar-refractivity contribution in [3.05, 3.63) is 40.2 Å². The van der Waals surface area contributed by atoms with Gasteiger partial charge in [0.15, 0.2) is 5.69 Å². The Morgan fingerprint density at radius 2 is 1.86 bits per heavy atom. The first kappa shape index (κ1) is 16.8. The van der Waals surface area contributed by atoms with Gasteiger partial charge in [-0.3, -0.25) is 4.79 Å². The lowest BCUT2D eigenvalue weighted by Gasteiger charge is -2.19. The average molecular weight is 341 g/mol. The minimum Gasteiger partial charge on any atom is -0.444 e. The maximum Gasteiger partial charge on any atom is 0.275 e. The molecule has 4 nitrogen and oxygen atoms in total. The molecule has 0 aliphatic rings. The van der Waals surface area contributed by atoms with E-state index in [1.165, 1.54) is 6.26 Å². The van der Waals surface area contributed by atoms with E-state index in [4.69, 9.17) is 27.6 Å². The van der Waals surface area contributed by atoms with Gasteiger partial charge in [0.1, 0.15) is 6.26 Å². The zero-order valence-electron chi connectivity index (χ0n) is 12.6. The number of carbonyl (C=O) groups excluding carboxylic acids is 1. The predicted molar refractivity (Wildman–Crippen MR) is 88.4 cm³/mol. The predicted octanol–water partition coefficient (Wildman–Crippen LogP) is 4.91. The summed E-state index contributed by atoms with van der Waals surface area (Å²) >= 11 is 11.9. The Hall–Kier alpha value is -1.52. The van der Waals surface area contributed by atoms with Crippen molar-refractivity contribution in [2.75, 3.05) is 13.1 Å². The monoisotopic (exact) mass is 340 g/mol. The zero-order chi connectivity index (χ0) is 16.1. The van der Waals surface area contributed by atoms with Crippen molar-refractivity contribution in [1.82, 2.24) is 9.88 Å². The molecule has 0 aliphatic heterocycles. The van der Waals surface area contributed by atoms with Crippen molar-refractivity contribution < 1.29 is 9.21 Å². The number of hydrogen-bond donors (Lipinski definition) is 0. The van der Waals surface area contributed by atoms with E-state index in [0.717, 1.165) is 12.8 Å². The Bertz CT molecular complexity index is 649. The van der Waals surface area contributed by atoms with Gasteiger partial charge in [-0.15, -0.1) is 0 Å². The molecule has 6 heteroatoms. The van der Waals surface area contributed by atoms with Gasteiger partial charge >= 0.3 is 0 Å². The van der Waals surface area contributed by atoms with Crippen LogP contribution in [0.5, 0.6) is 0 Å². The molecule has 1 heterocycles. The Balaban J connectivity index is 2.22. The first-order chi connectivity index (χ1) is 10.6. The maximum atomic E-state index is 12.4. The summed E-state index contributed by atoms with van der Waals surface area (Å²) < 4.78 is 5.41. The highest BCUT2D eigenvalue weighted by Crippen LogP contribution is 2.28. The molecule has 0 aliphatic carbocycles. The third-order valence-corrected chi connectivity index (χ3v) is 3.90. The van der Waals surface area contributed by atoms with Gasteiger partial charge in [-0.2, -0.15) is 0 Å². The van der Waals surface area contributed by atoms with Crippen molar-refractivity contribution in [2.24, 2.45) is 0 Å². The largest absolute Gasteiger partial charge is 0.444 e. The molecule has 0 bridgehead atoms. The zero-order valence-corrected chi connectivity index (χ0v) is 14.1. The third-order valence-electron chi connectivity index (χ3n) is 3.16. The van der Waals surface area contributed by atoms with Gasteiger partial charge in [-0.25, -0.2) is 4.98 Å². The third kappa shape index (κ3) is 3.81. The summed E-state index contributed by atoms with van der Waals surface area (Å²) in [7, 11) is 0. The fourth-order valence-corrected chi connectivity index (χ4v) is 2.45. The molecule has 0 saturated carbocycles. The van der Waals surface area contributed by atoms with E-state index in [1.807, 2.05) is 13.8 Å². The molecule has 22 heavy (non-hydrogen) atoms. The van der Waals surface area contributed by atoms with E-state index in [1.54, 1.807) is 23.1 Å². The number of amides is 1. The molecule has 0 saturated heterocycles. The van der Waals surface area contributed by atoms with E-state index in [2.05, 4.69) is 4.98 Å². The average Bonchev–Trinajstić information content (AvgIpc) is 2.99. The molecule has 2 rings (SSSR count). The van der Waals surface area contributed by atoms with Crippen molar-refractivity contribution in [3.63, 3.8) is 0 Å². The number of nitrogens with zero attached hydrogens (tertiary/aromatic N) is 2. The number of rotatable bonds is 6. The Morgan fingerprint density at radius 1 is 1.18 bits per heavy atom. The SMILES string of the molecule is CCCN(CCC)C(=O)c1coc(-c2ccc(Cl)c(Cl)c2)n1. The standard InChI is InChI=1S/C16H18Cl2N2O2/c1-3-7-20(8-4-2)16(21)14-10-22-15(19-14)11-5-6-12(17)13(18)9-11/h5-6,9-10H,3-4,7-8H2,1-2H3. The van der Waals surface area contributed by atoms with Crippen LogP contribution in [0.4, 0.5) is 0 Å². The summed E-state index contributed by atoms with van der Waals surface area (Å²) in [5, 5.41) is 0.883. The lowest BCUT2D eigenvalue weighted by atomic mass is 10.2. The normalized spacial score (nSPS) is 10.7. The van der Waals surface area contributed by atoms with E-state index >= 15 is 0 Å². The van der Waals surface area contributed by atoms with Crippen LogP contribution in [0, 0.1) is 0 Å². The van der Waals surface area contributed by atoms with Crippen LogP contribution < -0.4 is 0 Å². The number of benzene rings is 1. The number of hydrogen-bond acceptors (Lipinski definition) is 3. The van der Waals surface area contributed by atoms with Gasteiger partial charge < -0.3 is 9.32 Å². The van der Waals surface area contributed by atoms with Crippen LogP contribution >= 0.6 is 23.2 Å². The lowest BCUT2D eigenvalue weighted by molar-refractivity contribution is 0.0749. The van der Waals surface area contributed by atoms with Gasteiger partial charge in [0.05, 0.1) is 10.0 Å². The highest BCUT2D eigenvalue weighted by Gasteiger charge is 2.19. The topological polar surface area (TPSA) is 46.3 Å². The fraction of sp³-hybridized carbons (Fsp3) is 0.375. The minimum atomic E-state index is -0.112. The first-order valence-corrected chi connectivity index (χ1v) is 8.02. The minimum absolute atomic E-state index is 0.112. The molecular weight excluding hydrogens is 323 g/mol. The van der Waals surface area contributed by atoms with Crippen LogP contribution in [0.3, 0.4) is 0 Å². The van der Waals surface area contributed by atoms with E-state index in [0.29, 0.717) is 40.3 Å². The highest BCUT2D eigenvalue weighted by atomic mass is 35.5. The Morgan fingerprint density at radius 3 is 2.45 bits per heavy atom.